The largest absolute Gasteiger partial charge is 0.397 e. The Balaban J connectivity index is -0.0000000200. The molecule has 0 aliphatic heterocycles. The van der Waals surface area contributed by atoms with Crippen LogP contribution < -0.4 is 0 Å². The van der Waals surface area contributed by atoms with E-state index in [1.54, 1.807) is 6.92 Å². The minimum Gasteiger partial charge on any atom is -0.397 e. The van der Waals surface area contributed by atoms with E-state index in [4.69, 9.17) is 5.11 Å². The summed E-state index contributed by atoms with van der Waals surface area (Å²) in [5, 5.41) is 7.57. The predicted octanol–water partition coefficient (Wildman–Crippen LogP) is 0.420. The SMILES string of the molecule is CCO.Cl.[Er]. The second-order valence-corrected chi connectivity index (χ2v) is 0.316. The number of aliphatic hydroxyl groups is 1. The Labute approximate surface area is 67.8 Å². The molecule has 0 aliphatic rings. The van der Waals surface area contributed by atoms with Crippen molar-refractivity contribution < 1.29 is 42.4 Å². The van der Waals surface area contributed by atoms with Crippen LogP contribution in [0.2, 0.25) is 0 Å². The van der Waals surface area contributed by atoms with Gasteiger partial charge < -0.3 is 5.11 Å². The molecule has 1 N–H and O–H groups in total. The van der Waals surface area contributed by atoms with Crippen molar-refractivity contribution in [3.63, 3.8) is 0 Å². The molecule has 0 aliphatic carbocycles. The fourth-order valence-corrected chi connectivity index (χ4v) is 0. The molecule has 0 atom stereocenters. The van der Waals surface area contributed by atoms with Crippen LogP contribution in [0.25, 0.3) is 0 Å². The van der Waals surface area contributed by atoms with Gasteiger partial charge in [0.05, 0.1) is 0 Å². The van der Waals surface area contributed by atoms with Gasteiger partial charge in [-0.15, -0.1) is 12.4 Å². The molecule has 0 aromatic heterocycles. The van der Waals surface area contributed by atoms with Crippen LogP contribution in [0.4, 0.5) is 0 Å². The third kappa shape index (κ3) is 30.0. The zero-order valence-corrected chi connectivity index (χ0v) is 5.52. The zero-order valence-electron chi connectivity index (χ0n) is 2.85. The van der Waals surface area contributed by atoms with E-state index in [0.717, 1.165) is 0 Å². The van der Waals surface area contributed by atoms with E-state index in [-0.39, 0.29) is 56.3 Å². The maximum absolute atomic E-state index is 7.57. The van der Waals surface area contributed by atoms with Gasteiger partial charge in [-0.3, -0.25) is 0 Å². The van der Waals surface area contributed by atoms with Crippen molar-refractivity contribution >= 4 is 12.4 Å². The second kappa shape index (κ2) is 17.8. The summed E-state index contributed by atoms with van der Waals surface area (Å²) in [6.07, 6.45) is 0. The molecule has 0 aromatic rings. The summed E-state index contributed by atoms with van der Waals surface area (Å²) in [6.45, 7) is 1.93. The molecule has 1 nitrogen and oxygen atoms in total. The van der Waals surface area contributed by atoms with E-state index in [1.807, 2.05) is 0 Å². The molecule has 40 valence electrons. The minimum atomic E-state index is 0. The molecule has 3 heteroatoms. The van der Waals surface area contributed by atoms with Crippen LogP contribution in [-0.2, 0) is 0 Å². The van der Waals surface area contributed by atoms with Gasteiger partial charge in [-0.2, -0.15) is 0 Å². The molecule has 5 heavy (non-hydrogen) atoms. The molecule has 0 fully saturated rings. The van der Waals surface area contributed by atoms with Crippen LogP contribution >= 0.6 is 12.4 Å². The van der Waals surface area contributed by atoms with Gasteiger partial charge in [0.2, 0.25) is 0 Å². The smallest absolute Gasteiger partial charge is 0.0402 e. The van der Waals surface area contributed by atoms with Crippen molar-refractivity contribution in [2.45, 2.75) is 6.92 Å². The number of halogens is 1. The zero-order chi connectivity index (χ0) is 2.71. The third-order valence-electron chi connectivity index (χ3n) is 0. The van der Waals surface area contributed by atoms with Crippen LogP contribution in [0.15, 0.2) is 0 Å². The molecule has 0 unspecified atom stereocenters. The second-order valence-electron chi connectivity index (χ2n) is 0.316. The molecular formula is C2H7ClErO. The molecule has 0 heterocycles. The fourth-order valence-electron chi connectivity index (χ4n) is 0. The van der Waals surface area contributed by atoms with Crippen molar-refractivity contribution in [1.29, 1.82) is 0 Å². The summed E-state index contributed by atoms with van der Waals surface area (Å²) in [6, 6.07) is 0. The Kier molecular flexibility index (Phi) is 57.2. The number of hydrogen-bond acceptors (Lipinski definition) is 1. The van der Waals surface area contributed by atoms with E-state index in [2.05, 4.69) is 0 Å². The first-order valence-corrected chi connectivity index (χ1v) is 1.02. The summed E-state index contributed by atoms with van der Waals surface area (Å²) in [5.41, 5.74) is 0. The van der Waals surface area contributed by atoms with Gasteiger partial charge in [0.25, 0.3) is 0 Å². The molecule has 0 radical (unpaired) electrons. The van der Waals surface area contributed by atoms with Crippen molar-refractivity contribution in [3.05, 3.63) is 0 Å². The molecule has 0 aromatic carbocycles. The first-order chi connectivity index (χ1) is 1.41. The average molecular weight is 250 g/mol. The van der Waals surface area contributed by atoms with Gasteiger partial charge in [0, 0.05) is 43.9 Å². The van der Waals surface area contributed by atoms with E-state index >= 15 is 0 Å². The molecule has 0 saturated heterocycles. The third-order valence-corrected chi connectivity index (χ3v) is 0. The molecule has 0 amide bonds. The van der Waals surface area contributed by atoms with Crippen LogP contribution in [-0.4, -0.2) is 11.7 Å². The Morgan fingerprint density at radius 2 is 1.60 bits per heavy atom. The quantitative estimate of drug-likeness (QED) is 0.660. The van der Waals surface area contributed by atoms with Crippen molar-refractivity contribution in [2.75, 3.05) is 6.61 Å². The molecule has 0 saturated carbocycles. The topological polar surface area (TPSA) is 20.2 Å². The summed E-state index contributed by atoms with van der Waals surface area (Å²) in [7, 11) is 0. The molecule has 0 spiro atoms. The summed E-state index contributed by atoms with van der Waals surface area (Å²) in [5.74, 6) is 0. The van der Waals surface area contributed by atoms with Crippen LogP contribution in [0.3, 0.4) is 0 Å². The monoisotopic (exact) mass is 248 g/mol. The maximum Gasteiger partial charge on any atom is 0.0402 e. The Bertz CT molecular complexity index is 9.61. The van der Waals surface area contributed by atoms with Crippen LogP contribution in [0.5, 0.6) is 0 Å². The maximum atomic E-state index is 7.57. The fraction of sp³-hybridized carbons (Fsp3) is 1.00. The van der Waals surface area contributed by atoms with Crippen molar-refractivity contribution in [2.24, 2.45) is 0 Å². The van der Waals surface area contributed by atoms with Gasteiger partial charge in [-0.05, 0) is 6.92 Å². The normalized spacial score (nSPS) is 3.60. The molecular weight excluding hydrogens is 243 g/mol. The van der Waals surface area contributed by atoms with E-state index in [9.17, 15) is 0 Å². The van der Waals surface area contributed by atoms with Crippen LogP contribution in [0.1, 0.15) is 6.92 Å². The van der Waals surface area contributed by atoms with Crippen LogP contribution in [0, 0.1) is 37.3 Å². The first-order valence-electron chi connectivity index (χ1n) is 1.02. The Morgan fingerprint density at radius 3 is 1.60 bits per heavy atom. The van der Waals surface area contributed by atoms with Gasteiger partial charge in [0.15, 0.2) is 0 Å². The van der Waals surface area contributed by atoms with Crippen molar-refractivity contribution in [1.82, 2.24) is 0 Å². The number of rotatable bonds is 0. The predicted molar refractivity (Wildman–Crippen MR) is 20.0 cm³/mol. The minimum absolute atomic E-state index is 0. The summed E-state index contributed by atoms with van der Waals surface area (Å²) >= 11 is 0. The van der Waals surface area contributed by atoms with E-state index in [1.165, 1.54) is 0 Å². The van der Waals surface area contributed by atoms with E-state index in [0.29, 0.717) is 0 Å². The molecule has 0 bridgehead atoms. The average Bonchev–Trinajstić information content (AvgIpc) is 0.918. The number of aliphatic hydroxyl groups excluding tert-OH is 1. The van der Waals surface area contributed by atoms with Gasteiger partial charge in [-0.25, -0.2) is 0 Å². The summed E-state index contributed by atoms with van der Waals surface area (Å²) in [4.78, 5) is 0. The van der Waals surface area contributed by atoms with Gasteiger partial charge in [0.1, 0.15) is 0 Å². The van der Waals surface area contributed by atoms with E-state index < -0.39 is 0 Å². The van der Waals surface area contributed by atoms with Gasteiger partial charge >= 0.3 is 0 Å². The first kappa shape index (κ1) is 16.1. The standard InChI is InChI=1S/C2H6O.ClH.Er/c1-2-3;;/h3H,2H2,1H3;1H;. The number of hydrogen-bond donors (Lipinski definition) is 1. The molecule has 0 rings (SSSR count). The Hall–Kier alpha value is 1.50. The van der Waals surface area contributed by atoms with Gasteiger partial charge in [-0.1, -0.05) is 0 Å². The summed E-state index contributed by atoms with van der Waals surface area (Å²) < 4.78 is 0. The Morgan fingerprint density at radius 1 is 1.60 bits per heavy atom. The van der Waals surface area contributed by atoms with Crippen molar-refractivity contribution in [3.8, 4) is 0 Å².